The van der Waals surface area contributed by atoms with E-state index in [1.165, 1.54) is 18.2 Å². The topological polar surface area (TPSA) is 119 Å². The third-order valence-electron chi connectivity index (χ3n) is 2.73. The number of esters is 1. The first-order chi connectivity index (χ1) is 9.35. The summed E-state index contributed by atoms with van der Waals surface area (Å²) in [6.45, 7) is 1.39. The summed E-state index contributed by atoms with van der Waals surface area (Å²) in [5, 5.41) is 9.07. The Labute approximate surface area is 117 Å². The predicted octanol–water partition coefficient (Wildman–Crippen LogP) is 0.105. The minimum absolute atomic E-state index is 0.146. The number of rotatable bonds is 6. The van der Waals surface area contributed by atoms with Crippen molar-refractivity contribution in [2.24, 2.45) is 0 Å². The van der Waals surface area contributed by atoms with Gasteiger partial charge in [0.05, 0.1) is 24.2 Å². The van der Waals surface area contributed by atoms with E-state index in [4.69, 9.17) is 10.8 Å². The molecule has 0 spiro atoms. The molecule has 8 heteroatoms. The van der Waals surface area contributed by atoms with Crippen molar-refractivity contribution in [1.29, 1.82) is 0 Å². The maximum absolute atomic E-state index is 12.2. The summed E-state index contributed by atoms with van der Waals surface area (Å²) in [6.07, 6.45) is 0.415. The molecule has 0 fully saturated rings. The van der Waals surface area contributed by atoms with Gasteiger partial charge in [0.25, 0.3) is 0 Å². The lowest BCUT2D eigenvalue weighted by atomic mass is 10.2. The number of nitrogens with one attached hydrogen (secondary N) is 1. The van der Waals surface area contributed by atoms with E-state index in [1.54, 1.807) is 6.92 Å². The van der Waals surface area contributed by atoms with E-state index in [9.17, 15) is 13.2 Å². The Hall–Kier alpha value is -1.64. The van der Waals surface area contributed by atoms with Crippen LogP contribution in [-0.2, 0) is 14.8 Å². The fourth-order valence-electron chi connectivity index (χ4n) is 1.58. The molecule has 4 N–H and O–H groups in total. The molecule has 0 aliphatic carbocycles. The Balaban J connectivity index is 3.27. The largest absolute Gasteiger partial charge is 0.465 e. The first-order valence-electron chi connectivity index (χ1n) is 5.96. The van der Waals surface area contributed by atoms with Crippen molar-refractivity contribution < 1.29 is 23.1 Å². The normalized spacial score (nSPS) is 12.9. The Morgan fingerprint density at radius 3 is 2.65 bits per heavy atom. The molecule has 20 heavy (non-hydrogen) atoms. The molecule has 1 rings (SSSR count). The number of carbonyl (C=O) groups excluding carboxylic acids is 1. The maximum Gasteiger partial charge on any atom is 0.339 e. The van der Waals surface area contributed by atoms with Crippen LogP contribution in [0.25, 0.3) is 0 Å². The van der Waals surface area contributed by atoms with Crippen molar-refractivity contribution in [3.05, 3.63) is 23.8 Å². The quantitative estimate of drug-likeness (QED) is 0.507. The lowest BCUT2D eigenvalue weighted by Gasteiger charge is -2.16. The van der Waals surface area contributed by atoms with Gasteiger partial charge in [-0.25, -0.2) is 17.9 Å². The smallest absolute Gasteiger partial charge is 0.339 e. The molecule has 1 aromatic carbocycles. The molecule has 0 saturated heterocycles. The molecule has 1 aromatic rings. The van der Waals surface area contributed by atoms with Gasteiger partial charge in [0.2, 0.25) is 10.0 Å². The Morgan fingerprint density at radius 2 is 2.15 bits per heavy atom. The van der Waals surface area contributed by atoms with Crippen molar-refractivity contribution in [3.63, 3.8) is 0 Å². The summed E-state index contributed by atoms with van der Waals surface area (Å²) in [7, 11) is -2.80. The SMILES string of the molecule is CCC(CO)NS(=O)(=O)c1ccc(N)cc1C(=O)OC. The van der Waals surface area contributed by atoms with Crippen molar-refractivity contribution >= 4 is 21.7 Å². The van der Waals surface area contributed by atoms with Crippen LogP contribution in [0, 0.1) is 0 Å². The standard InChI is InChI=1S/C12H18N2O5S/c1-3-9(7-15)14-20(17,18)11-5-4-8(13)6-10(11)12(16)19-2/h4-6,9,14-15H,3,7,13H2,1-2H3. The van der Waals surface area contributed by atoms with E-state index in [2.05, 4.69) is 9.46 Å². The van der Waals surface area contributed by atoms with Crippen LogP contribution in [0.3, 0.4) is 0 Å². The van der Waals surface area contributed by atoms with E-state index < -0.39 is 22.0 Å². The Morgan fingerprint density at radius 1 is 1.50 bits per heavy atom. The van der Waals surface area contributed by atoms with Gasteiger partial charge >= 0.3 is 5.97 Å². The van der Waals surface area contributed by atoms with Crippen LogP contribution in [0.15, 0.2) is 23.1 Å². The minimum atomic E-state index is -3.95. The number of nitrogens with two attached hydrogens (primary N) is 1. The highest BCUT2D eigenvalue weighted by atomic mass is 32.2. The van der Waals surface area contributed by atoms with Crippen LogP contribution >= 0.6 is 0 Å². The lowest BCUT2D eigenvalue weighted by molar-refractivity contribution is 0.0596. The van der Waals surface area contributed by atoms with Crippen LogP contribution in [0.2, 0.25) is 0 Å². The first kappa shape index (κ1) is 16.4. The fraction of sp³-hybridized carbons (Fsp3) is 0.417. The highest BCUT2D eigenvalue weighted by Gasteiger charge is 2.25. The number of hydrogen-bond acceptors (Lipinski definition) is 6. The summed E-state index contributed by atoms with van der Waals surface area (Å²) in [5.41, 5.74) is 5.66. The van der Waals surface area contributed by atoms with E-state index in [0.29, 0.717) is 6.42 Å². The molecule has 0 aliphatic heterocycles. The molecule has 112 valence electrons. The van der Waals surface area contributed by atoms with Gasteiger partial charge < -0.3 is 15.6 Å². The average Bonchev–Trinajstić information content (AvgIpc) is 2.43. The summed E-state index contributed by atoms with van der Waals surface area (Å²) in [4.78, 5) is 11.4. The van der Waals surface area contributed by atoms with Gasteiger partial charge in [-0.2, -0.15) is 0 Å². The van der Waals surface area contributed by atoms with Gasteiger partial charge in [-0.3, -0.25) is 0 Å². The van der Waals surface area contributed by atoms with Crippen LogP contribution in [0.4, 0.5) is 5.69 Å². The van der Waals surface area contributed by atoms with Crippen molar-refractivity contribution in [1.82, 2.24) is 4.72 Å². The van der Waals surface area contributed by atoms with Gasteiger partial charge in [-0.1, -0.05) is 6.92 Å². The number of hydrogen-bond donors (Lipinski definition) is 3. The van der Waals surface area contributed by atoms with E-state index in [1.807, 2.05) is 0 Å². The zero-order chi connectivity index (χ0) is 15.3. The molecule has 7 nitrogen and oxygen atoms in total. The van der Waals surface area contributed by atoms with Crippen LogP contribution < -0.4 is 10.5 Å². The maximum atomic E-state index is 12.2. The second kappa shape index (κ2) is 6.69. The number of benzene rings is 1. The number of sulfonamides is 1. The number of nitrogen functional groups attached to an aromatic ring is 1. The van der Waals surface area contributed by atoms with Crippen LogP contribution in [-0.4, -0.2) is 39.3 Å². The van der Waals surface area contributed by atoms with Gasteiger partial charge in [0.15, 0.2) is 0 Å². The Kier molecular flexibility index (Phi) is 5.49. The highest BCUT2D eigenvalue weighted by molar-refractivity contribution is 7.89. The zero-order valence-electron chi connectivity index (χ0n) is 11.3. The molecule has 0 saturated carbocycles. The highest BCUT2D eigenvalue weighted by Crippen LogP contribution is 2.20. The van der Waals surface area contributed by atoms with E-state index in [-0.39, 0.29) is 22.8 Å². The molecule has 1 atom stereocenters. The monoisotopic (exact) mass is 302 g/mol. The molecular formula is C12H18N2O5S. The van der Waals surface area contributed by atoms with Crippen molar-refractivity contribution in [2.45, 2.75) is 24.3 Å². The first-order valence-corrected chi connectivity index (χ1v) is 7.45. The zero-order valence-corrected chi connectivity index (χ0v) is 12.1. The molecule has 0 radical (unpaired) electrons. The Bertz CT molecular complexity index is 582. The fourth-order valence-corrected chi connectivity index (χ4v) is 3.07. The number of aliphatic hydroxyl groups excluding tert-OH is 1. The molecular weight excluding hydrogens is 284 g/mol. The number of methoxy groups -OCH3 is 1. The van der Waals surface area contributed by atoms with E-state index >= 15 is 0 Å². The number of ether oxygens (including phenoxy) is 1. The summed E-state index contributed by atoms with van der Waals surface area (Å²) in [6, 6.07) is 3.22. The van der Waals surface area contributed by atoms with Crippen LogP contribution in [0.1, 0.15) is 23.7 Å². The molecule has 0 bridgehead atoms. The molecule has 0 aliphatic rings. The van der Waals surface area contributed by atoms with Gasteiger partial charge in [-0.15, -0.1) is 0 Å². The number of carbonyl (C=O) groups is 1. The second-order valence-electron chi connectivity index (χ2n) is 4.16. The number of anilines is 1. The summed E-state index contributed by atoms with van der Waals surface area (Å²) >= 11 is 0. The molecule has 0 heterocycles. The summed E-state index contributed by atoms with van der Waals surface area (Å²) < 4.78 is 31.4. The van der Waals surface area contributed by atoms with Crippen LogP contribution in [0.5, 0.6) is 0 Å². The third-order valence-corrected chi connectivity index (χ3v) is 4.31. The van der Waals surface area contributed by atoms with Gasteiger partial charge in [0, 0.05) is 11.7 Å². The molecule has 0 amide bonds. The molecule has 1 unspecified atom stereocenters. The summed E-state index contributed by atoms with van der Waals surface area (Å²) in [5.74, 6) is -0.797. The van der Waals surface area contributed by atoms with E-state index in [0.717, 1.165) is 7.11 Å². The minimum Gasteiger partial charge on any atom is -0.465 e. The number of aliphatic hydroxyl groups is 1. The third kappa shape index (κ3) is 3.69. The van der Waals surface area contributed by atoms with Crippen molar-refractivity contribution in [2.75, 3.05) is 19.5 Å². The second-order valence-corrected chi connectivity index (χ2v) is 5.84. The molecule has 0 aromatic heterocycles. The van der Waals surface area contributed by atoms with Gasteiger partial charge in [-0.05, 0) is 24.6 Å². The average molecular weight is 302 g/mol. The van der Waals surface area contributed by atoms with Gasteiger partial charge in [0.1, 0.15) is 0 Å². The van der Waals surface area contributed by atoms with Crippen molar-refractivity contribution in [3.8, 4) is 0 Å². The predicted molar refractivity (Wildman–Crippen MR) is 73.7 cm³/mol. The lowest BCUT2D eigenvalue weighted by Crippen LogP contribution is -2.37.